The predicted octanol–water partition coefficient (Wildman–Crippen LogP) is -0.310. The Morgan fingerprint density at radius 3 is 1.65 bits per heavy atom. The molecule has 0 fully saturated rings. The van der Waals surface area contributed by atoms with E-state index in [0.29, 0.717) is 48.6 Å². The van der Waals surface area contributed by atoms with Gasteiger partial charge in [0.25, 0.3) is 46.4 Å². The maximum Gasteiger partial charge on any atom is 0.357 e. The SMILES string of the molecule is O=C(O)C1=NN(c2cc(S(=O)(=O)O)ccc2S(=O)(=O)O)C(=O)C1=CC=Cc1c(C(=O)O)nn(-c2cc(S(=O)(=O)O)ccc2S(=O)(=O)O)c1O. The topological polar surface area (TPSA) is 363 Å². The number of aromatic hydroxyl groups is 1. The van der Waals surface area contributed by atoms with Crippen LogP contribution < -0.4 is 5.01 Å². The molecule has 26 heteroatoms. The van der Waals surface area contributed by atoms with Gasteiger partial charge in [-0.15, -0.1) is 0 Å². The number of benzene rings is 2. The van der Waals surface area contributed by atoms with E-state index in [-0.39, 0.29) is 9.69 Å². The Kier molecular flexibility index (Phi) is 9.14. The standard InChI is InChI=1S/C23H16N4O18S4/c28-20-12(18(22(30)31)24-26(20)14-8-10(46(34,35)36)4-6-16(14)48(40,41)42)2-1-3-13-19(23(32)33)25-27(21(13)29)15-9-11(47(37,38)39)5-7-17(15)49(43,44)45/h1-9,28H,(H,30,31)(H,32,33)(H,34,35,36)(H,37,38,39)(H,40,41,42)(H,43,44,45). The lowest BCUT2D eigenvalue weighted by molar-refractivity contribution is -0.129. The first-order chi connectivity index (χ1) is 22.3. The van der Waals surface area contributed by atoms with Gasteiger partial charge in [-0.2, -0.15) is 53.6 Å². The third kappa shape index (κ3) is 7.24. The lowest BCUT2D eigenvalue weighted by atomic mass is 10.1. The van der Waals surface area contributed by atoms with Crippen LogP contribution in [0.15, 0.2) is 78.8 Å². The minimum Gasteiger partial charge on any atom is -0.493 e. The van der Waals surface area contributed by atoms with E-state index in [1.807, 2.05) is 0 Å². The number of hydrogen-bond acceptors (Lipinski definition) is 14. The highest BCUT2D eigenvalue weighted by Gasteiger charge is 2.38. The van der Waals surface area contributed by atoms with Crippen molar-refractivity contribution < 1.29 is 81.6 Å². The number of rotatable bonds is 10. The molecule has 0 atom stereocenters. The van der Waals surface area contributed by atoms with Gasteiger partial charge in [0.1, 0.15) is 9.79 Å². The van der Waals surface area contributed by atoms with E-state index in [1.165, 1.54) is 0 Å². The Bertz CT molecular complexity index is 2530. The predicted molar refractivity (Wildman–Crippen MR) is 158 cm³/mol. The second-order valence-electron chi connectivity index (χ2n) is 9.27. The number of carbonyl (C=O) groups is 3. The first-order valence-electron chi connectivity index (χ1n) is 12.1. The van der Waals surface area contributed by atoms with Crippen LogP contribution in [-0.2, 0) is 50.1 Å². The van der Waals surface area contributed by atoms with Gasteiger partial charge in [0.15, 0.2) is 11.4 Å². The van der Waals surface area contributed by atoms with Crippen LogP contribution in [0.3, 0.4) is 0 Å². The Hall–Kier alpha value is -5.35. The number of aromatic nitrogens is 2. The summed E-state index contributed by atoms with van der Waals surface area (Å²) in [6.07, 6.45) is 2.03. The molecule has 49 heavy (non-hydrogen) atoms. The van der Waals surface area contributed by atoms with Crippen LogP contribution in [0.1, 0.15) is 16.1 Å². The monoisotopic (exact) mass is 764 g/mol. The van der Waals surface area contributed by atoms with Crippen molar-refractivity contribution in [2.45, 2.75) is 19.6 Å². The van der Waals surface area contributed by atoms with Crippen LogP contribution in [0.4, 0.5) is 5.69 Å². The molecule has 3 aromatic rings. The van der Waals surface area contributed by atoms with Gasteiger partial charge in [-0.05, 0) is 48.6 Å². The number of aliphatic carboxylic acids is 1. The molecule has 0 saturated heterocycles. The largest absolute Gasteiger partial charge is 0.493 e. The summed E-state index contributed by atoms with van der Waals surface area (Å²) in [6.45, 7) is 0. The lowest BCUT2D eigenvalue weighted by Gasteiger charge is -2.15. The average molecular weight is 765 g/mol. The number of aromatic carboxylic acids is 1. The molecule has 1 amide bonds. The fourth-order valence-electron chi connectivity index (χ4n) is 4.11. The molecule has 0 unspecified atom stereocenters. The maximum absolute atomic E-state index is 13.2. The minimum atomic E-state index is -5.24. The zero-order chi connectivity index (χ0) is 37.0. The molecule has 7 N–H and O–H groups in total. The van der Waals surface area contributed by atoms with Gasteiger partial charge in [-0.25, -0.2) is 9.59 Å². The van der Waals surface area contributed by atoms with E-state index in [1.54, 1.807) is 0 Å². The van der Waals surface area contributed by atoms with Crippen LogP contribution in [-0.4, -0.2) is 101 Å². The fraction of sp³-hybridized carbons (Fsp3) is 0. The van der Waals surface area contributed by atoms with Gasteiger partial charge >= 0.3 is 11.9 Å². The molecule has 2 aromatic carbocycles. The minimum absolute atomic E-state index is 0.0537. The summed E-state index contributed by atoms with van der Waals surface area (Å²) in [5.74, 6) is -6.53. The summed E-state index contributed by atoms with van der Waals surface area (Å²) in [7, 11) is -20.5. The summed E-state index contributed by atoms with van der Waals surface area (Å²) >= 11 is 0. The van der Waals surface area contributed by atoms with Crippen LogP contribution in [0.25, 0.3) is 11.8 Å². The number of amides is 1. The van der Waals surface area contributed by atoms with Gasteiger partial charge in [-0.3, -0.25) is 23.0 Å². The van der Waals surface area contributed by atoms with Crippen molar-refractivity contribution in [1.29, 1.82) is 0 Å². The highest BCUT2D eigenvalue weighted by atomic mass is 32.2. The number of hydrogen-bond donors (Lipinski definition) is 7. The molecule has 1 aliphatic rings. The second kappa shape index (κ2) is 12.3. The smallest absolute Gasteiger partial charge is 0.357 e. The maximum atomic E-state index is 13.2. The first kappa shape index (κ1) is 36.5. The molecule has 0 radical (unpaired) electrons. The van der Waals surface area contributed by atoms with Crippen LogP contribution >= 0.6 is 0 Å². The lowest BCUT2D eigenvalue weighted by Crippen LogP contribution is -2.24. The van der Waals surface area contributed by atoms with E-state index in [2.05, 4.69) is 10.2 Å². The van der Waals surface area contributed by atoms with Gasteiger partial charge < -0.3 is 15.3 Å². The summed E-state index contributed by atoms with van der Waals surface area (Å²) < 4.78 is 132. The number of carbonyl (C=O) groups excluding carboxylic acids is 1. The molecule has 1 aliphatic heterocycles. The molecule has 0 bridgehead atoms. The van der Waals surface area contributed by atoms with Crippen LogP contribution in [0.2, 0.25) is 0 Å². The summed E-state index contributed by atoms with van der Waals surface area (Å²) in [5.41, 5.74) is -5.88. The molecule has 0 saturated carbocycles. The van der Waals surface area contributed by atoms with Gasteiger partial charge in [0, 0.05) is 0 Å². The number of anilines is 1. The molecule has 1 aromatic heterocycles. The van der Waals surface area contributed by atoms with Crippen LogP contribution in [0.5, 0.6) is 5.88 Å². The number of nitrogens with zero attached hydrogens (tertiary/aromatic N) is 4. The van der Waals surface area contributed by atoms with Gasteiger partial charge in [0.05, 0.1) is 32.3 Å². The molecular formula is C23H16N4O18S4. The normalized spacial score (nSPS) is 15.3. The Morgan fingerprint density at radius 2 is 1.20 bits per heavy atom. The molecule has 260 valence electrons. The number of carboxylic acid groups (broad SMARTS) is 2. The molecule has 4 rings (SSSR count). The van der Waals surface area contributed by atoms with E-state index < -0.39 is 118 Å². The molecule has 22 nitrogen and oxygen atoms in total. The Labute approximate surface area is 273 Å². The third-order valence-electron chi connectivity index (χ3n) is 6.17. The number of carboxylic acids is 2. The van der Waals surface area contributed by atoms with Gasteiger partial charge in [0.2, 0.25) is 5.88 Å². The van der Waals surface area contributed by atoms with Gasteiger partial charge in [-0.1, -0.05) is 6.08 Å². The highest BCUT2D eigenvalue weighted by molar-refractivity contribution is 7.87. The van der Waals surface area contributed by atoms with Crippen molar-refractivity contribution in [3.63, 3.8) is 0 Å². The van der Waals surface area contributed by atoms with E-state index >= 15 is 0 Å². The van der Waals surface area contributed by atoms with Crippen molar-refractivity contribution in [1.82, 2.24) is 9.78 Å². The Morgan fingerprint density at radius 1 is 0.714 bits per heavy atom. The van der Waals surface area contributed by atoms with E-state index in [4.69, 9.17) is 0 Å². The van der Waals surface area contributed by atoms with Crippen molar-refractivity contribution in [2.75, 3.05) is 5.01 Å². The zero-order valence-corrected chi connectivity index (χ0v) is 26.5. The average Bonchev–Trinajstić information content (AvgIpc) is 3.47. The first-order valence-corrected chi connectivity index (χ1v) is 17.9. The highest BCUT2D eigenvalue weighted by Crippen LogP contribution is 2.34. The number of hydrazone groups is 1. The van der Waals surface area contributed by atoms with Crippen molar-refractivity contribution in [3.05, 3.63) is 65.4 Å². The molecule has 0 aliphatic carbocycles. The summed E-state index contributed by atoms with van der Waals surface area (Å²) in [4.78, 5) is 32.8. The van der Waals surface area contributed by atoms with E-state index in [9.17, 15) is 81.6 Å². The van der Waals surface area contributed by atoms with Crippen molar-refractivity contribution in [3.8, 4) is 11.6 Å². The number of allylic oxidation sites excluding steroid dienone is 2. The molecule has 2 heterocycles. The van der Waals surface area contributed by atoms with E-state index in [0.717, 1.165) is 6.08 Å². The molecular weight excluding hydrogens is 749 g/mol. The summed E-state index contributed by atoms with van der Waals surface area (Å²) in [5, 5.41) is 37.1. The quantitative estimate of drug-likeness (QED) is 0.103. The van der Waals surface area contributed by atoms with Crippen LogP contribution in [0, 0.1) is 0 Å². The third-order valence-corrected chi connectivity index (χ3v) is 9.68. The zero-order valence-electron chi connectivity index (χ0n) is 23.2. The van der Waals surface area contributed by atoms with Crippen molar-refractivity contribution >= 4 is 75.8 Å². The molecule has 0 spiro atoms. The fourth-order valence-corrected chi connectivity index (χ4v) is 6.41. The summed E-state index contributed by atoms with van der Waals surface area (Å²) in [6, 6.07) is 2.82. The Balaban J connectivity index is 1.88. The van der Waals surface area contributed by atoms with Crippen molar-refractivity contribution in [2.24, 2.45) is 5.10 Å². The second-order valence-corrected chi connectivity index (χ2v) is 14.9.